The Morgan fingerprint density at radius 1 is 1.04 bits per heavy atom. The zero-order chi connectivity index (χ0) is 17.4. The van der Waals surface area contributed by atoms with Crippen molar-refractivity contribution in [3.63, 3.8) is 0 Å². The number of allylic oxidation sites excluding steroid dienone is 1. The molecule has 3 rings (SSSR count). The van der Waals surface area contributed by atoms with Gasteiger partial charge in [0.2, 0.25) is 0 Å². The van der Waals surface area contributed by atoms with Crippen LogP contribution in [0, 0.1) is 10.8 Å². The Kier molecular flexibility index (Phi) is 4.82. The Labute approximate surface area is 149 Å². The maximum absolute atomic E-state index is 4.57. The molecule has 2 aliphatic rings. The van der Waals surface area contributed by atoms with Crippen LogP contribution in [-0.4, -0.2) is 6.54 Å². The van der Waals surface area contributed by atoms with Crippen LogP contribution in [0.2, 0.25) is 0 Å². The van der Waals surface area contributed by atoms with Gasteiger partial charge in [-0.3, -0.25) is 0 Å². The molecular weight excluding hydrogens is 290 g/mol. The normalized spacial score (nSPS) is 30.5. The lowest BCUT2D eigenvalue weighted by atomic mass is 9.62. The minimum atomic E-state index is 0.379. The summed E-state index contributed by atoms with van der Waals surface area (Å²) in [7, 11) is 0. The van der Waals surface area contributed by atoms with E-state index in [1.807, 2.05) is 0 Å². The number of hydrogen-bond donors (Lipinski definition) is 0. The standard InChI is InChI=1S/C23H35N/c1-6-11-22(5)12-14-23(15-13-22)16-17-24(19(23)4)21-9-7-20(8-10-21)18(2)3/h7-10,18H,4,6,11-17H2,1-3,5H3. The van der Waals surface area contributed by atoms with Crippen molar-refractivity contribution < 1.29 is 0 Å². The largest absolute Gasteiger partial charge is 0.345 e. The van der Waals surface area contributed by atoms with Gasteiger partial charge in [-0.05, 0) is 67.6 Å². The van der Waals surface area contributed by atoms with E-state index in [-0.39, 0.29) is 0 Å². The van der Waals surface area contributed by atoms with Gasteiger partial charge in [0.15, 0.2) is 0 Å². The Morgan fingerprint density at radius 2 is 1.67 bits per heavy atom. The van der Waals surface area contributed by atoms with Crippen LogP contribution in [0.25, 0.3) is 0 Å². The van der Waals surface area contributed by atoms with E-state index in [0.29, 0.717) is 16.7 Å². The molecule has 1 spiro atoms. The van der Waals surface area contributed by atoms with Crippen LogP contribution in [0.5, 0.6) is 0 Å². The Balaban J connectivity index is 1.71. The molecule has 1 saturated heterocycles. The third-order valence-corrected chi connectivity index (χ3v) is 6.89. The molecule has 0 amide bonds. The highest BCUT2D eigenvalue weighted by Gasteiger charge is 2.46. The molecule has 0 N–H and O–H groups in total. The van der Waals surface area contributed by atoms with Crippen LogP contribution < -0.4 is 4.90 Å². The van der Waals surface area contributed by atoms with Crippen LogP contribution >= 0.6 is 0 Å². The summed E-state index contributed by atoms with van der Waals surface area (Å²) in [6, 6.07) is 9.17. The van der Waals surface area contributed by atoms with E-state index in [2.05, 4.69) is 63.4 Å². The highest BCUT2D eigenvalue weighted by molar-refractivity contribution is 5.56. The van der Waals surface area contributed by atoms with Gasteiger partial charge >= 0.3 is 0 Å². The van der Waals surface area contributed by atoms with Gasteiger partial charge in [0.1, 0.15) is 0 Å². The van der Waals surface area contributed by atoms with Gasteiger partial charge in [-0.25, -0.2) is 0 Å². The molecule has 1 aliphatic heterocycles. The second kappa shape index (κ2) is 6.58. The topological polar surface area (TPSA) is 3.24 Å². The van der Waals surface area contributed by atoms with Gasteiger partial charge in [-0.15, -0.1) is 0 Å². The highest BCUT2D eigenvalue weighted by Crippen LogP contribution is 2.56. The van der Waals surface area contributed by atoms with Gasteiger partial charge in [-0.2, -0.15) is 0 Å². The average molecular weight is 326 g/mol. The second-order valence-corrected chi connectivity index (χ2v) is 8.94. The van der Waals surface area contributed by atoms with Crippen LogP contribution in [0.15, 0.2) is 36.5 Å². The van der Waals surface area contributed by atoms with Gasteiger partial charge in [-0.1, -0.05) is 52.8 Å². The van der Waals surface area contributed by atoms with E-state index >= 15 is 0 Å². The first-order chi connectivity index (χ1) is 11.4. The molecule has 0 unspecified atom stereocenters. The average Bonchev–Trinajstić information content (AvgIpc) is 2.88. The SMILES string of the molecule is C=C1N(c2ccc(C(C)C)cc2)CCC12CCC(C)(CCC)CC2. The molecule has 132 valence electrons. The summed E-state index contributed by atoms with van der Waals surface area (Å²) in [4.78, 5) is 2.49. The Hall–Kier alpha value is -1.24. The minimum Gasteiger partial charge on any atom is -0.345 e. The molecule has 0 bridgehead atoms. The maximum Gasteiger partial charge on any atom is 0.0408 e. The molecule has 0 aromatic heterocycles. The number of benzene rings is 1. The zero-order valence-electron chi connectivity index (χ0n) is 16.2. The maximum atomic E-state index is 4.57. The summed E-state index contributed by atoms with van der Waals surface area (Å²) in [6.07, 6.45) is 9.42. The summed E-state index contributed by atoms with van der Waals surface area (Å²) in [6.45, 7) is 15.1. The lowest BCUT2D eigenvalue weighted by Crippen LogP contribution is -2.33. The molecule has 24 heavy (non-hydrogen) atoms. The third kappa shape index (κ3) is 3.15. The first-order valence-corrected chi connectivity index (χ1v) is 9.96. The molecule has 2 fully saturated rings. The fourth-order valence-electron chi connectivity index (χ4n) is 4.94. The molecule has 0 radical (unpaired) electrons. The highest BCUT2D eigenvalue weighted by atomic mass is 15.2. The van der Waals surface area contributed by atoms with E-state index in [1.165, 1.54) is 61.9 Å². The van der Waals surface area contributed by atoms with Gasteiger partial charge in [0.05, 0.1) is 0 Å². The van der Waals surface area contributed by atoms with Crippen molar-refractivity contribution in [1.29, 1.82) is 0 Å². The number of anilines is 1. The predicted molar refractivity (Wildman–Crippen MR) is 106 cm³/mol. The van der Waals surface area contributed by atoms with Crippen LogP contribution in [0.1, 0.15) is 84.1 Å². The fraction of sp³-hybridized carbons (Fsp3) is 0.652. The first kappa shape index (κ1) is 17.6. The summed E-state index contributed by atoms with van der Waals surface area (Å²) in [5.74, 6) is 0.599. The predicted octanol–water partition coefficient (Wildman–Crippen LogP) is 6.90. The number of rotatable bonds is 4. The smallest absolute Gasteiger partial charge is 0.0408 e. The fourth-order valence-corrected chi connectivity index (χ4v) is 4.94. The van der Waals surface area contributed by atoms with Crippen molar-refractivity contribution in [2.75, 3.05) is 11.4 Å². The van der Waals surface area contributed by atoms with Crippen LogP contribution in [0.3, 0.4) is 0 Å². The third-order valence-electron chi connectivity index (χ3n) is 6.89. The first-order valence-electron chi connectivity index (χ1n) is 9.96. The lowest BCUT2D eigenvalue weighted by Gasteiger charge is -2.44. The molecule has 1 heterocycles. The molecule has 1 aliphatic carbocycles. The van der Waals surface area contributed by atoms with Gasteiger partial charge in [0.25, 0.3) is 0 Å². The molecule has 1 heteroatoms. The molecular formula is C23H35N. The van der Waals surface area contributed by atoms with E-state index in [0.717, 1.165) is 6.54 Å². The van der Waals surface area contributed by atoms with Crippen molar-refractivity contribution in [2.45, 2.75) is 78.6 Å². The second-order valence-electron chi connectivity index (χ2n) is 8.94. The van der Waals surface area contributed by atoms with E-state index in [1.54, 1.807) is 0 Å². The van der Waals surface area contributed by atoms with Gasteiger partial charge < -0.3 is 4.90 Å². The summed E-state index contributed by atoms with van der Waals surface area (Å²) >= 11 is 0. The summed E-state index contributed by atoms with van der Waals surface area (Å²) < 4.78 is 0. The Bertz CT molecular complexity index is 573. The van der Waals surface area contributed by atoms with Crippen molar-refractivity contribution >= 4 is 5.69 Å². The molecule has 1 aromatic carbocycles. The minimum absolute atomic E-state index is 0.379. The molecule has 0 atom stereocenters. The van der Waals surface area contributed by atoms with Crippen molar-refractivity contribution in [3.05, 3.63) is 42.1 Å². The van der Waals surface area contributed by atoms with Gasteiger partial charge in [0, 0.05) is 23.3 Å². The summed E-state index contributed by atoms with van der Waals surface area (Å²) in [5.41, 5.74) is 5.10. The van der Waals surface area contributed by atoms with Crippen molar-refractivity contribution in [2.24, 2.45) is 10.8 Å². The number of nitrogens with zero attached hydrogens (tertiary/aromatic N) is 1. The van der Waals surface area contributed by atoms with E-state index < -0.39 is 0 Å². The Morgan fingerprint density at radius 3 is 2.21 bits per heavy atom. The molecule has 1 aromatic rings. The monoisotopic (exact) mass is 325 g/mol. The van der Waals surface area contributed by atoms with Crippen LogP contribution in [0.4, 0.5) is 5.69 Å². The summed E-state index contributed by atoms with van der Waals surface area (Å²) in [5, 5.41) is 0. The zero-order valence-corrected chi connectivity index (χ0v) is 16.2. The quantitative estimate of drug-likeness (QED) is 0.582. The molecule has 1 saturated carbocycles. The van der Waals surface area contributed by atoms with Crippen LogP contribution in [-0.2, 0) is 0 Å². The number of hydrogen-bond acceptors (Lipinski definition) is 1. The van der Waals surface area contributed by atoms with E-state index in [9.17, 15) is 0 Å². The molecule has 1 nitrogen and oxygen atoms in total. The van der Waals surface area contributed by atoms with Crippen molar-refractivity contribution in [1.82, 2.24) is 0 Å². The van der Waals surface area contributed by atoms with E-state index in [4.69, 9.17) is 0 Å². The lowest BCUT2D eigenvalue weighted by molar-refractivity contribution is 0.112. The van der Waals surface area contributed by atoms with Crippen molar-refractivity contribution in [3.8, 4) is 0 Å².